The zero-order chi connectivity index (χ0) is 15.0. The topological polar surface area (TPSA) is 55.2 Å². The normalized spacial score (nSPS) is 17.3. The highest BCUT2D eigenvalue weighted by atomic mass is 79.9. The molecule has 3 rings (SSSR count). The van der Waals surface area contributed by atoms with Gasteiger partial charge < -0.3 is 5.32 Å². The third-order valence-electron chi connectivity index (χ3n) is 3.86. The van der Waals surface area contributed by atoms with Crippen LogP contribution in [0.15, 0.2) is 28.1 Å². The van der Waals surface area contributed by atoms with Crippen molar-refractivity contribution < 1.29 is 4.92 Å². The van der Waals surface area contributed by atoms with Crippen molar-refractivity contribution in [2.24, 2.45) is 0 Å². The van der Waals surface area contributed by atoms with Gasteiger partial charge in [-0.05, 0) is 65.2 Å². The Morgan fingerprint density at radius 1 is 1.48 bits per heavy atom. The van der Waals surface area contributed by atoms with Gasteiger partial charge in [0.05, 0.1) is 11.0 Å². The van der Waals surface area contributed by atoms with Crippen LogP contribution in [-0.2, 0) is 6.42 Å². The maximum Gasteiger partial charge on any atom is 0.273 e. The van der Waals surface area contributed by atoms with Crippen molar-refractivity contribution in [2.45, 2.75) is 32.2 Å². The summed E-state index contributed by atoms with van der Waals surface area (Å²) >= 11 is 5.26. The number of nitrogens with one attached hydrogen (secondary N) is 1. The number of halogens is 1. The minimum absolute atomic E-state index is 0.146. The van der Waals surface area contributed by atoms with E-state index in [1.54, 1.807) is 13.0 Å². The van der Waals surface area contributed by atoms with Gasteiger partial charge in [-0.25, -0.2) is 0 Å². The number of fused-ring (bicyclic) bond motifs is 1. The van der Waals surface area contributed by atoms with E-state index in [0.29, 0.717) is 5.56 Å². The SMILES string of the molecule is Cc1cc(NC2CCCc3sccc32)c(Br)cc1[N+](=O)[O-]. The van der Waals surface area contributed by atoms with E-state index >= 15 is 0 Å². The molecule has 1 aliphatic rings. The van der Waals surface area contributed by atoms with Crippen molar-refractivity contribution in [2.75, 3.05) is 5.32 Å². The molecular weight excluding hydrogens is 352 g/mol. The number of hydrogen-bond donors (Lipinski definition) is 1. The standard InChI is InChI=1S/C15H15BrN2O2S/c1-9-7-13(11(16)8-14(9)18(19)20)17-12-3-2-4-15-10(12)5-6-21-15/h5-8,12,17H,2-4H2,1H3. The summed E-state index contributed by atoms with van der Waals surface area (Å²) in [5.74, 6) is 0. The van der Waals surface area contributed by atoms with E-state index in [1.165, 1.54) is 16.9 Å². The zero-order valence-corrected chi connectivity index (χ0v) is 14.0. The maximum atomic E-state index is 11.0. The molecule has 4 nitrogen and oxygen atoms in total. The van der Waals surface area contributed by atoms with E-state index in [1.807, 2.05) is 17.4 Å². The van der Waals surface area contributed by atoms with Crippen molar-refractivity contribution in [3.63, 3.8) is 0 Å². The fraction of sp³-hybridized carbons (Fsp3) is 0.333. The number of benzene rings is 1. The number of aryl methyl sites for hydroxylation is 2. The Balaban J connectivity index is 1.90. The van der Waals surface area contributed by atoms with Crippen LogP contribution in [0.5, 0.6) is 0 Å². The lowest BCUT2D eigenvalue weighted by Gasteiger charge is -2.25. The van der Waals surface area contributed by atoms with Crippen LogP contribution in [-0.4, -0.2) is 4.92 Å². The number of nitro groups is 1. The molecule has 0 saturated carbocycles. The van der Waals surface area contributed by atoms with Crippen molar-refractivity contribution in [3.8, 4) is 0 Å². The molecule has 6 heteroatoms. The van der Waals surface area contributed by atoms with E-state index in [4.69, 9.17) is 0 Å². The molecule has 0 saturated heterocycles. The summed E-state index contributed by atoms with van der Waals surface area (Å²) in [5.41, 5.74) is 3.11. The molecular formula is C15H15BrN2O2S. The summed E-state index contributed by atoms with van der Waals surface area (Å²) in [6.07, 6.45) is 3.42. The fourth-order valence-electron chi connectivity index (χ4n) is 2.80. The van der Waals surface area contributed by atoms with Crippen molar-refractivity contribution >= 4 is 38.6 Å². The first-order valence-corrected chi connectivity index (χ1v) is 8.51. The zero-order valence-electron chi connectivity index (χ0n) is 11.6. The highest BCUT2D eigenvalue weighted by molar-refractivity contribution is 9.10. The highest BCUT2D eigenvalue weighted by Gasteiger charge is 2.22. The summed E-state index contributed by atoms with van der Waals surface area (Å²) in [4.78, 5) is 12.1. The molecule has 1 aromatic heterocycles. The van der Waals surface area contributed by atoms with Crippen molar-refractivity contribution in [1.82, 2.24) is 0 Å². The minimum atomic E-state index is -0.346. The largest absolute Gasteiger partial charge is 0.377 e. The molecule has 0 fully saturated rings. The molecule has 0 spiro atoms. The second-order valence-corrected chi connectivity index (χ2v) is 7.12. The fourth-order valence-corrected chi connectivity index (χ4v) is 4.24. The molecule has 1 unspecified atom stereocenters. The van der Waals surface area contributed by atoms with Gasteiger partial charge in [0.2, 0.25) is 0 Å². The second kappa shape index (κ2) is 5.77. The lowest BCUT2D eigenvalue weighted by atomic mass is 9.94. The summed E-state index contributed by atoms with van der Waals surface area (Å²) < 4.78 is 0.738. The molecule has 1 atom stereocenters. The lowest BCUT2D eigenvalue weighted by molar-refractivity contribution is -0.385. The molecule has 0 radical (unpaired) electrons. The van der Waals surface area contributed by atoms with Gasteiger partial charge in [-0.15, -0.1) is 11.3 Å². The van der Waals surface area contributed by atoms with E-state index in [0.717, 1.165) is 23.0 Å². The van der Waals surface area contributed by atoms with Gasteiger partial charge >= 0.3 is 0 Å². The molecule has 1 heterocycles. The van der Waals surface area contributed by atoms with E-state index < -0.39 is 0 Å². The third-order valence-corrected chi connectivity index (χ3v) is 5.52. The van der Waals surface area contributed by atoms with Gasteiger partial charge in [-0.3, -0.25) is 10.1 Å². The number of anilines is 1. The van der Waals surface area contributed by atoms with E-state index in [2.05, 4.69) is 32.7 Å². The van der Waals surface area contributed by atoms with Gasteiger partial charge in [0.25, 0.3) is 5.69 Å². The number of hydrogen-bond acceptors (Lipinski definition) is 4. The monoisotopic (exact) mass is 366 g/mol. The molecule has 1 aromatic carbocycles. The van der Waals surface area contributed by atoms with Crippen molar-refractivity contribution in [1.29, 1.82) is 0 Å². The van der Waals surface area contributed by atoms with Gasteiger partial charge in [-0.1, -0.05) is 0 Å². The van der Waals surface area contributed by atoms with Crippen LogP contribution in [0.3, 0.4) is 0 Å². The summed E-state index contributed by atoms with van der Waals surface area (Å²) in [5, 5.41) is 16.6. The highest BCUT2D eigenvalue weighted by Crippen LogP contribution is 2.38. The molecule has 0 aliphatic heterocycles. The van der Waals surface area contributed by atoms with Crippen LogP contribution in [0, 0.1) is 17.0 Å². The Labute approximate surface area is 135 Å². The Morgan fingerprint density at radius 2 is 2.29 bits per heavy atom. The summed E-state index contributed by atoms with van der Waals surface area (Å²) in [6.45, 7) is 1.77. The average molecular weight is 367 g/mol. The molecule has 2 aromatic rings. The Morgan fingerprint density at radius 3 is 3.05 bits per heavy atom. The van der Waals surface area contributed by atoms with E-state index in [9.17, 15) is 10.1 Å². The van der Waals surface area contributed by atoms with Crippen LogP contribution in [0.4, 0.5) is 11.4 Å². The van der Waals surface area contributed by atoms with Crippen LogP contribution in [0.25, 0.3) is 0 Å². The molecule has 0 bridgehead atoms. The molecule has 0 amide bonds. The number of nitro benzene ring substituents is 1. The average Bonchev–Trinajstić information content (AvgIpc) is 2.91. The Bertz CT molecular complexity index is 699. The summed E-state index contributed by atoms with van der Waals surface area (Å²) in [6, 6.07) is 5.90. The smallest absolute Gasteiger partial charge is 0.273 e. The lowest BCUT2D eigenvalue weighted by Crippen LogP contribution is -2.16. The first-order chi connectivity index (χ1) is 10.1. The Kier molecular flexibility index (Phi) is 3.99. The molecule has 1 N–H and O–H groups in total. The number of thiophene rings is 1. The first kappa shape index (κ1) is 14.5. The maximum absolute atomic E-state index is 11.0. The molecule has 110 valence electrons. The van der Waals surface area contributed by atoms with Crippen LogP contribution in [0.1, 0.15) is 34.9 Å². The minimum Gasteiger partial charge on any atom is -0.377 e. The molecule has 1 aliphatic carbocycles. The third kappa shape index (κ3) is 2.82. The first-order valence-electron chi connectivity index (χ1n) is 6.83. The van der Waals surface area contributed by atoms with Crippen molar-refractivity contribution in [3.05, 3.63) is 54.2 Å². The van der Waals surface area contributed by atoms with Crippen LogP contribution < -0.4 is 5.32 Å². The second-order valence-electron chi connectivity index (χ2n) is 5.26. The van der Waals surface area contributed by atoms with Gasteiger partial charge in [0.1, 0.15) is 0 Å². The quantitative estimate of drug-likeness (QED) is 0.598. The summed E-state index contributed by atoms with van der Waals surface area (Å²) in [7, 11) is 0. The van der Waals surface area contributed by atoms with Gasteiger partial charge in [-0.2, -0.15) is 0 Å². The van der Waals surface area contributed by atoms with Crippen LogP contribution in [0.2, 0.25) is 0 Å². The predicted molar refractivity (Wildman–Crippen MR) is 89.2 cm³/mol. The van der Waals surface area contributed by atoms with E-state index in [-0.39, 0.29) is 16.7 Å². The van der Waals surface area contributed by atoms with Gasteiger partial charge in [0.15, 0.2) is 0 Å². The number of nitrogens with zero attached hydrogens (tertiary/aromatic N) is 1. The van der Waals surface area contributed by atoms with Crippen LogP contribution >= 0.6 is 27.3 Å². The van der Waals surface area contributed by atoms with Gasteiger partial charge in [0, 0.05) is 26.7 Å². The molecule has 21 heavy (non-hydrogen) atoms. The Hall–Kier alpha value is -1.40. The number of rotatable bonds is 3. The predicted octanol–water partition coefficient (Wildman–Crippen LogP) is 5.22.